The van der Waals surface area contributed by atoms with Gasteiger partial charge in [-0.3, -0.25) is 4.79 Å². The van der Waals surface area contributed by atoms with E-state index in [2.05, 4.69) is 16.9 Å². The summed E-state index contributed by atoms with van der Waals surface area (Å²) in [5, 5.41) is 13.3. The molecule has 0 saturated heterocycles. The number of H-pyrrole nitrogens is 1. The first-order valence-corrected chi connectivity index (χ1v) is 9.22. The molecule has 6 nitrogen and oxygen atoms in total. The molecule has 1 aliphatic heterocycles. The first kappa shape index (κ1) is 16.9. The number of aliphatic hydroxyl groups is 1. The van der Waals surface area contributed by atoms with E-state index in [0.29, 0.717) is 11.3 Å². The van der Waals surface area contributed by atoms with Crippen molar-refractivity contribution in [2.45, 2.75) is 18.3 Å². The van der Waals surface area contributed by atoms with Crippen molar-refractivity contribution in [2.24, 2.45) is 0 Å². The first-order valence-electron chi connectivity index (χ1n) is 9.22. The molecule has 0 unspecified atom stereocenters. The van der Waals surface area contributed by atoms with Gasteiger partial charge in [-0.25, -0.2) is 0 Å². The number of carbonyl (C=O) groups excluding carboxylic acids is 1. The summed E-state index contributed by atoms with van der Waals surface area (Å²) in [6, 6.07) is 13.4. The van der Waals surface area contributed by atoms with Gasteiger partial charge in [0.2, 0.25) is 12.7 Å². The summed E-state index contributed by atoms with van der Waals surface area (Å²) in [5.41, 5.74) is 3.54. The van der Waals surface area contributed by atoms with Crippen LogP contribution in [0, 0.1) is 0 Å². The van der Waals surface area contributed by atoms with Crippen LogP contribution >= 0.6 is 0 Å². The SMILES string of the molecule is C=C(CO)c1cc2cc(NC(=O)C3(c4ccc5c(c4)OCO5)CC3)ccc2[nH]1. The Bertz CT molecular complexity index is 1110. The van der Waals surface area contributed by atoms with Crippen LogP contribution in [0.3, 0.4) is 0 Å². The zero-order valence-electron chi connectivity index (χ0n) is 15.2. The standard InChI is InChI=1S/C22H20N2O4/c1-13(11-25)18-9-14-8-16(3-4-17(14)24-18)23-21(26)22(6-7-22)15-2-5-19-20(10-15)28-12-27-19/h2-5,8-10,24-25H,1,6-7,11-12H2,(H,23,26). The van der Waals surface area contributed by atoms with Crippen molar-refractivity contribution in [3.8, 4) is 11.5 Å². The Balaban J connectivity index is 1.39. The van der Waals surface area contributed by atoms with Gasteiger partial charge in [0.15, 0.2) is 11.5 Å². The molecule has 2 heterocycles. The van der Waals surface area contributed by atoms with Crippen LogP contribution in [0.4, 0.5) is 5.69 Å². The fourth-order valence-corrected chi connectivity index (χ4v) is 3.70. The maximum atomic E-state index is 13.1. The highest BCUT2D eigenvalue weighted by molar-refractivity contribution is 6.02. The summed E-state index contributed by atoms with van der Waals surface area (Å²) in [6.45, 7) is 3.96. The third-order valence-electron chi connectivity index (χ3n) is 5.56. The summed E-state index contributed by atoms with van der Waals surface area (Å²) < 4.78 is 10.8. The Morgan fingerprint density at radius 1 is 1.14 bits per heavy atom. The molecule has 2 aliphatic rings. The highest BCUT2D eigenvalue weighted by Gasteiger charge is 2.51. The third kappa shape index (κ3) is 2.65. The van der Waals surface area contributed by atoms with Crippen LogP contribution in [0.25, 0.3) is 16.5 Å². The quantitative estimate of drug-likeness (QED) is 0.636. The molecule has 1 aliphatic carbocycles. The molecule has 6 heteroatoms. The molecule has 142 valence electrons. The van der Waals surface area contributed by atoms with E-state index in [9.17, 15) is 9.90 Å². The predicted octanol–water partition coefficient (Wildman–Crippen LogP) is 3.57. The number of aliphatic hydroxyl groups excluding tert-OH is 1. The molecule has 28 heavy (non-hydrogen) atoms. The van der Waals surface area contributed by atoms with E-state index in [1.54, 1.807) is 0 Å². The van der Waals surface area contributed by atoms with Gasteiger partial charge >= 0.3 is 0 Å². The van der Waals surface area contributed by atoms with Gasteiger partial charge in [0.1, 0.15) is 0 Å². The number of nitrogens with one attached hydrogen (secondary N) is 2. The van der Waals surface area contributed by atoms with Crippen molar-refractivity contribution in [3.63, 3.8) is 0 Å². The lowest BCUT2D eigenvalue weighted by molar-refractivity contribution is -0.118. The second-order valence-electron chi connectivity index (χ2n) is 7.35. The zero-order valence-corrected chi connectivity index (χ0v) is 15.2. The molecule has 1 fully saturated rings. The lowest BCUT2D eigenvalue weighted by Crippen LogP contribution is -2.27. The van der Waals surface area contributed by atoms with E-state index in [1.165, 1.54) is 0 Å². The summed E-state index contributed by atoms with van der Waals surface area (Å²) in [5.74, 6) is 1.40. The van der Waals surface area contributed by atoms with E-state index in [1.807, 2.05) is 42.5 Å². The molecule has 3 aromatic rings. The molecule has 0 spiro atoms. The smallest absolute Gasteiger partial charge is 0.235 e. The lowest BCUT2D eigenvalue weighted by Gasteiger charge is -2.16. The van der Waals surface area contributed by atoms with Gasteiger partial charge in [0.05, 0.1) is 12.0 Å². The van der Waals surface area contributed by atoms with Crippen LogP contribution in [0.1, 0.15) is 24.1 Å². The van der Waals surface area contributed by atoms with Gasteiger partial charge in [0, 0.05) is 22.3 Å². The summed E-state index contributed by atoms with van der Waals surface area (Å²) in [6.07, 6.45) is 1.62. The molecule has 0 atom stereocenters. The van der Waals surface area contributed by atoms with Crippen molar-refractivity contribution in [1.82, 2.24) is 4.98 Å². The molecule has 1 aromatic heterocycles. The zero-order chi connectivity index (χ0) is 19.3. The molecule has 1 saturated carbocycles. The van der Waals surface area contributed by atoms with Gasteiger partial charge in [-0.1, -0.05) is 12.6 Å². The topological polar surface area (TPSA) is 83.6 Å². The number of rotatable bonds is 5. The molecule has 2 aromatic carbocycles. The first-order chi connectivity index (χ1) is 13.6. The average molecular weight is 376 g/mol. The molecule has 5 rings (SSSR count). The Labute approximate surface area is 161 Å². The normalized spacial score (nSPS) is 16.2. The van der Waals surface area contributed by atoms with Crippen molar-refractivity contribution in [2.75, 3.05) is 18.7 Å². The predicted molar refractivity (Wildman–Crippen MR) is 107 cm³/mol. The lowest BCUT2D eigenvalue weighted by atomic mass is 9.94. The Kier molecular flexibility index (Phi) is 3.70. The van der Waals surface area contributed by atoms with E-state index in [4.69, 9.17) is 9.47 Å². The maximum Gasteiger partial charge on any atom is 0.235 e. The van der Waals surface area contributed by atoms with Crippen LogP contribution in [0.5, 0.6) is 11.5 Å². The number of aromatic amines is 1. The fraction of sp³-hybridized carbons (Fsp3) is 0.227. The molecule has 0 bridgehead atoms. The number of ether oxygens (including phenoxy) is 2. The van der Waals surface area contributed by atoms with Gasteiger partial charge in [0.25, 0.3) is 0 Å². The van der Waals surface area contributed by atoms with Crippen molar-refractivity contribution >= 4 is 28.1 Å². The van der Waals surface area contributed by atoms with E-state index in [-0.39, 0.29) is 19.3 Å². The van der Waals surface area contributed by atoms with Crippen LogP contribution in [0.15, 0.2) is 49.0 Å². The minimum atomic E-state index is -0.510. The van der Waals surface area contributed by atoms with Crippen LogP contribution < -0.4 is 14.8 Å². The number of aromatic nitrogens is 1. The van der Waals surface area contributed by atoms with E-state index >= 15 is 0 Å². The highest BCUT2D eigenvalue weighted by Crippen LogP contribution is 2.51. The Morgan fingerprint density at radius 3 is 2.75 bits per heavy atom. The Hall–Kier alpha value is -3.25. The van der Waals surface area contributed by atoms with E-state index in [0.717, 1.165) is 46.4 Å². The maximum absolute atomic E-state index is 13.1. The Morgan fingerprint density at radius 2 is 1.96 bits per heavy atom. The molecular formula is C22H20N2O4. The number of amides is 1. The van der Waals surface area contributed by atoms with Gasteiger partial charge in [-0.15, -0.1) is 0 Å². The fourth-order valence-electron chi connectivity index (χ4n) is 3.70. The molecule has 1 amide bonds. The number of hydrogen-bond donors (Lipinski definition) is 3. The second-order valence-corrected chi connectivity index (χ2v) is 7.35. The number of fused-ring (bicyclic) bond motifs is 2. The van der Waals surface area contributed by atoms with Crippen molar-refractivity contribution < 1.29 is 19.4 Å². The number of hydrogen-bond acceptors (Lipinski definition) is 4. The summed E-state index contributed by atoms with van der Waals surface area (Å²) in [7, 11) is 0. The van der Waals surface area contributed by atoms with Gasteiger partial charge in [-0.05, 0) is 60.4 Å². The monoisotopic (exact) mass is 376 g/mol. The average Bonchev–Trinajstić information content (AvgIpc) is 3.20. The van der Waals surface area contributed by atoms with Crippen LogP contribution in [-0.2, 0) is 10.2 Å². The second kappa shape index (κ2) is 6.14. The van der Waals surface area contributed by atoms with Crippen LogP contribution in [0.2, 0.25) is 0 Å². The highest BCUT2D eigenvalue weighted by atomic mass is 16.7. The van der Waals surface area contributed by atoms with Gasteiger partial charge < -0.3 is 24.9 Å². The minimum Gasteiger partial charge on any atom is -0.454 e. The number of anilines is 1. The molecule has 3 N–H and O–H groups in total. The van der Waals surface area contributed by atoms with Gasteiger partial charge in [-0.2, -0.15) is 0 Å². The molecular weight excluding hydrogens is 356 g/mol. The van der Waals surface area contributed by atoms with Crippen molar-refractivity contribution in [3.05, 3.63) is 60.3 Å². The molecule has 0 radical (unpaired) electrons. The third-order valence-corrected chi connectivity index (χ3v) is 5.56. The van der Waals surface area contributed by atoms with Crippen LogP contribution in [-0.4, -0.2) is 29.4 Å². The van der Waals surface area contributed by atoms with Crippen molar-refractivity contribution in [1.29, 1.82) is 0 Å². The number of carbonyl (C=O) groups is 1. The number of benzene rings is 2. The summed E-state index contributed by atoms with van der Waals surface area (Å²) in [4.78, 5) is 16.3. The minimum absolute atomic E-state index is 0.0127. The largest absolute Gasteiger partial charge is 0.454 e. The summed E-state index contributed by atoms with van der Waals surface area (Å²) >= 11 is 0. The van der Waals surface area contributed by atoms with E-state index < -0.39 is 5.41 Å².